The minimum absolute atomic E-state index is 0.315. The molecule has 0 N–H and O–H groups in total. The predicted octanol–water partition coefficient (Wildman–Crippen LogP) is 3.50. The highest BCUT2D eigenvalue weighted by molar-refractivity contribution is 9.10. The van der Waals surface area contributed by atoms with Crippen LogP contribution in [0.2, 0.25) is 0 Å². The number of benzene rings is 1. The Bertz CT molecular complexity index is 796. The molecule has 0 aliphatic rings. The van der Waals surface area contributed by atoms with E-state index in [0.717, 1.165) is 17.0 Å². The summed E-state index contributed by atoms with van der Waals surface area (Å²) < 4.78 is 18.0. The predicted molar refractivity (Wildman–Crippen MR) is 84.1 cm³/mol. The lowest BCUT2D eigenvalue weighted by molar-refractivity contribution is 0.622. The first-order valence-corrected chi connectivity index (χ1v) is 7.80. The number of hydrogen-bond acceptors (Lipinski definition) is 2. The number of aromatic nitrogens is 4. The Hall–Kier alpha value is -1.40. The lowest BCUT2D eigenvalue weighted by Crippen LogP contribution is -2.09. The fraction of sp³-hybridized carbons (Fsp3) is 0.286. The summed E-state index contributed by atoms with van der Waals surface area (Å²) in [5.74, 6) is 1.00. The van der Waals surface area contributed by atoms with E-state index in [2.05, 4.69) is 30.6 Å². The highest BCUT2D eigenvalue weighted by Gasteiger charge is 2.14. The van der Waals surface area contributed by atoms with E-state index in [9.17, 15) is 4.39 Å². The maximum absolute atomic E-state index is 13.7. The quantitative estimate of drug-likeness (QED) is 0.658. The van der Waals surface area contributed by atoms with Gasteiger partial charge in [-0.05, 0) is 28.1 Å². The van der Waals surface area contributed by atoms with Crippen LogP contribution in [0.15, 0.2) is 28.9 Å². The lowest BCUT2D eigenvalue weighted by Gasteiger charge is -2.09. The molecule has 0 aliphatic carbocycles. The number of imidazole rings is 1. The average Bonchev–Trinajstić information content (AvgIpc) is 2.98. The summed E-state index contributed by atoms with van der Waals surface area (Å²) in [4.78, 5) is 4.50. The van der Waals surface area contributed by atoms with Crippen molar-refractivity contribution in [3.8, 4) is 0 Å². The van der Waals surface area contributed by atoms with Crippen LogP contribution in [0.4, 0.5) is 4.39 Å². The minimum Gasteiger partial charge on any atom is -0.322 e. The first-order chi connectivity index (χ1) is 10.1. The molecule has 3 rings (SSSR count). The molecule has 0 radical (unpaired) electrons. The van der Waals surface area contributed by atoms with Crippen LogP contribution in [0, 0.1) is 5.82 Å². The maximum Gasteiger partial charge on any atom is 0.139 e. The second kappa shape index (κ2) is 5.77. The molecule has 0 unspecified atom stereocenters. The topological polar surface area (TPSA) is 35.6 Å². The van der Waals surface area contributed by atoms with Crippen molar-refractivity contribution in [1.82, 2.24) is 19.3 Å². The number of fused-ring (bicyclic) bond motifs is 1. The number of alkyl halides is 1. The van der Waals surface area contributed by atoms with Crippen LogP contribution in [0.1, 0.15) is 11.5 Å². The molecular formula is C14H13BrClFN4. The van der Waals surface area contributed by atoms with Crippen molar-refractivity contribution >= 4 is 38.6 Å². The molecule has 21 heavy (non-hydrogen) atoms. The largest absolute Gasteiger partial charge is 0.322 e. The summed E-state index contributed by atoms with van der Waals surface area (Å²) in [6.07, 6.45) is 2.39. The van der Waals surface area contributed by atoms with Gasteiger partial charge in [-0.1, -0.05) is 0 Å². The van der Waals surface area contributed by atoms with E-state index in [4.69, 9.17) is 11.6 Å². The number of nitrogens with zero attached hydrogens (tertiary/aromatic N) is 4. The Morgan fingerprint density at radius 2 is 2.19 bits per heavy atom. The molecule has 1 aromatic carbocycles. The molecule has 2 heterocycles. The van der Waals surface area contributed by atoms with Crippen molar-refractivity contribution in [2.45, 2.75) is 13.0 Å². The van der Waals surface area contributed by atoms with Crippen LogP contribution in [0.25, 0.3) is 11.0 Å². The zero-order valence-electron chi connectivity index (χ0n) is 11.4. The van der Waals surface area contributed by atoms with E-state index in [-0.39, 0.29) is 5.82 Å². The molecule has 0 bridgehead atoms. The van der Waals surface area contributed by atoms with Gasteiger partial charge in [0.1, 0.15) is 11.6 Å². The molecule has 0 fully saturated rings. The van der Waals surface area contributed by atoms with Crippen molar-refractivity contribution in [2.75, 3.05) is 5.88 Å². The third-order valence-corrected chi connectivity index (χ3v) is 4.23. The van der Waals surface area contributed by atoms with Gasteiger partial charge in [0.15, 0.2) is 0 Å². The van der Waals surface area contributed by atoms with E-state index in [1.165, 1.54) is 6.07 Å². The molecule has 0 aliphatic heterocycles. The highest BCUT2D eigenvalue weighted by atomic mass is 79.9. The Balaban J connectivity index is 2.15. The normalized spacial score (nSPS) is 11.4. The van der Waals surface area contributed by atoms with Crippen molar-refractivity contribution in [3.63, 3.8) is 0 Å². The van der Waals surface area contributed by atoms with Gasteiger partial charge in [-0.3, -0.25) is 4.68 Å². The fourth-order valence-electron chi connectivity index (χ4n) is 2.34. The van der Waals surface area contributed by atoms with E-state index in [0.29, 0.717) is 28.8 Å². The molecule has 3 aromatic rings. The molecule has 110 valence electrons. The molecule has 0 amide bonds. The minimum atomic E-state index is -0.315. The summed E-state index contributed by atoms with van der Waals surface area (Å²) in [5, 5.41) is 4.17. The van der Waals surface area contributed by atoms with Gasteiger partial charge in [-0.25, -0.2) is 9.37 Å². The van der Waals surface area contributed by atoms with Gasteiger partial charge in [0.25, 0.3) is 0 Å². The molecule has 7 heteroatoms. The summed E-state index contributed by atoms with van der Waals surface area (Å²) >= 11 is 9.09. The van der Waals surface area contributed by atoms with Gasteiger partial charge >= 0.3 is 0 Å². The van der Waals surface area contributed by atoms with Crippen molar-refractivity contribution in [1.29, 1.82) is 0 Å². The highest BCUT2D eigenvalue weighted by Crippen LogP contribution is 2.25. The standard InChI is InChI=1S/C14H13BrClFN4/c1-20-9(3-5-18-20)8-21-13-6-10(15)11(17)7-12(13)19-14(21)2-4-16/h3,5-7H,2,4,8H2,1H3. The zero-order chi connectivity index (χ0) is 15.0. The van der Waals surface area contributed by atoms with Crippen LogP contribution < -0.4 is 0 Å². The third kappa shape index (κ3) is 2.70. The summed E-state index contributed by atoms with van der Waals surface area (Å²) in [6.45, 7) is 0.622. The fourth-order valence-corrected chi connectivity index (χ4v) is 2.84. The molecule has 0 spiro atoms. The van der Waals surface area contributed by atoms with Crippen LogP contribution in [0.5, 0.6) is 0 Å². The Kier molecular flexibility index (Phi) is 3.99. The van der Waals surface area contributed by atoms with E-state index >= 15 is 0 Å². The van der Waals surface area contributed by atoms with E-state index in [1.807, 2.05) is 17.8 Å². The second-order valence-corrected chi connectivity index (χ2v) is 5.99. The van der Waals surface area contributed by atoms with Crippen LogP contribution >= 0.6 is 27.5 Å². The van der Waals surface area contributed by atoms with E-state index in [1.54, 1.807) is 12.3 Å². The average molecular weight is 372 g/mol. The van der Waals surface area contributed by atoms with Gasteiger partial charge in [0.2, 0.25) is 0 Å². The van der Waals surface area contributed by atoms with Crippen LogP contribution in [-0.2, 0) is 20.0 Å². The van der Waals surface area contributed by atoms with Gasteiger partial charge in [0.05, 0.1) is 27.7 Å². The molecule has 2 aromatic heterocycles. The van der Waals surface area contributed by atoms with Gasteiger partial charge < -0.3 is 4.57 Å². The maximum atomic E-state index is 13.7. The van der Waals surface area contributed by atoms with Crippen molar-refractivity contribution in [3.05, 3.63) is 46.2 Å². The Morgan fingerprint density at radius 3 is 2.86 bits per heavy atom. The summed E-state index contributed by atoms with van der Waals surface area (Å²) in [5.41, 5.74) is 2.56. The smallest absolute Gasteiger partial charge is 0.139 e. The van der Waals surface area contributed by atoms with Crippen molar-refractivity contribution < 1.29 is 4.39 Å². The number of hydrogen-bond donors (Lipinski definition) is 0. The third-order valence-electron chi connectivity index (χ3n) is 3.43. The SMILES string of the molecule is Cn1nccc1Cn1c(CCCl)nc2cc(F)c(Br)cc21. The lowest BCUT2D eigenvalue weighted by atomic mass is 10.3. The monoisotopic (exact) mass is 370 g/mol. The first kappa shape index (κ1) is 14.5. The molecule has 0 saturated carbocycles. The molecule has 4 nitrogen and oxygen atoms in total. The number of rotatable bonds is 4. The van der Waals surface area contributed by atoms with Gasteiger partial charge in [-0.15, -0.1) is 11.6 Å². The zero-order valence-corrected chi connectivity index (χ0v) is 13.7. The van der Waals surface area contributed by atoms with Crippen LogP contribution in [-0.4, -0.2) is 25.2 Å². The van der Waals surface area contributed by atoms with Crippen molar-refractivity contribution in [2.24, 2.45) is 7.05 Å². The Morgan fingerprint density at radius 1 is 1.38 bits per heavy atom. The first-order valence-electron chi connectivity index (χ1n) is 6.47. The van der Waals surface area contributed by atoms with E-state index < -0.39 is 0 Å². The Labute approximate surface area is 134 Å². The molecule has 0 atom stereocenters. The summed E-state index contributed by atoms with van der Waals surface area (Å²) in [6, 6.07) is 5.15. The second-order valence-electron chi connectivity index (χ2n) is 4.75. The van der Waals surface area contributed by atoms with Crippen LogP contribution in [0.3, 0.4) is 0 Å². The number of halogens is 3. The van der Waals surface area contributed by atoms with Gasteiger partial charge in [0, 0.05) is 31.6 Å². The molecular weight excluding hydrogens is 359 g/mol. The number of aryl methyl sites for hydroxylation is 2. The van der Waals surface area contributed by atoms with Gasteiger partial charge in [-0.2, -0.15) is 5.10 Å². The summed E-state index contributed by atoms with van der Waals surface area (Å²) in [7, 11) is 1.89. The molecule has 0 saturated heterocycles.